The zero-order valence-corrected chi connectivity index (χ0v) is 13.6. The van der Waals surface area contributed by atoms with Crippen LogP contribution in [0.15, 0.2) is 23.8 Å². The molecule has 0 saturated carbocycles. The zero-order valence-electron chi connectivity index (χ0n) is 12.8. The Labute approximate surface area is 140 Å². The molecule has 5 nitrogen and oxygen atoms in total. The lowest BCUT2D eigenvalue weighted by atomic mass is 10.1. The lowest BCUT2D eigenvalue weighted by Gasteiger charge is -2.23. The third kappa shape index (κ3) is 5.27. The number of hydrogen-bond acceptors (Lipinski definition) is 4. The Kier molecular flexibility index (Phi) is 6.45. The monoisotopic (exact) mass is 334 g/mol. The van der Waals surface area contributed by atoms with Crippen LogP contribution in [-0.4, -0.2) is 32.2 Å². The van der Waals surface area contributed by atoms with Crippen molar-refractivity contribution in [3.05, 3.63) is 34.4 Å². The second-order valence-corrected chi connectivity index (χ2v) is 5.98. The standard InChI is InChI=1S/C17H19ClN2O3/c18-15-4-5-16(13(11-15)10-14(12-19)17(21)22)23-9-8-20-6-2-1-3-7-20/h4-5,10-11H,1-3,6-9H2,(H,21,22)/b14-10-. The fourth-order valence-corrected chi connectivity index (χ4v) is 2.84. The van der Waals surface area contributed by atoms with E-state index in [9.17, 15) is 9.90 Å². The van der Waals surface area contributed by atoms with Crippen molar-refractivity contribution < 1.29 is 19.5 Å². The summed E-state index contributed by atoms with van der Waals surface area (Å²) < 4.78 is 5.77. The molecule has 0 spiro atoms. The van der Waals surface area contributed by atoms with E-state index in [1.807, 2.05) is 0 Å². The van der Waals surface area contributed by atoms with Gasteiger partial charge in [0.15, 0.2) is 0 Å². The lowest BCUT2D eigenvalue weighted by molar-refractivity contribution is -0.904. The van der Waals surface area contributed by atoms with E-state index in [-0.39, 0.29) is 0 Å². The molecule has 0 radical (unpaired) electrons. The van der Waals surface area contributed by atoms with Gasteiger partial charge in [-0.25, -0.2) is 0 Å². The van der Waals surface area contributed by atoms with E-state index in [0.29, 0.717) is 22.9 Å². The first-order valence-corrected chi connectivity index (χ1v) is 8.07. The van der Waals surface area contributed by atoms with Gasteiger partial charge in [0.1, 0.15) is 25.0 Å². The summed E-state index contributed by atoms with van der Waals surface area (Å²) in [5.41, 5.74) is 0.00525. The smallest absolute Gasteiger partial charge is 0.137 e. The lowest BCUT2D eigenvalue weighted by Crippen LogP contribution is -3.13. The molecule has 1 aliphatic heterocycles. The summed E-state index contributed by atoms with van der Waals surface area (Å²) in [6.45, 7) is 3.77. The summed E-state index contributed by atoms with van der Waals surface area (Å²) in [7, 11) is 0. The van der Waals surface area contributed by atoms with Gasteiger partial charge in [-0.3, -0.25) is 0 Å². The summed E-state index contributed by atoms with van der Waals surface area (Å²) in [5, 5.41) is 20.2. The molecule has 1 N–H and O–H groups in total. The van der Waals surface area contributed by atoms with Gasteiger partial charge in [-0.15, -0.1) is 0 Å². The third-order valence-electron chi connectivity index (χ3n) is 3.89. The topological polar surface area (TPSA) is 77.6 Å². The summed E-state index contributed by atoms with van der Waals surface area (Å²) in [5.74, 6) is -1.00. The molecular weight excluding hydrogens is 316 g/mol. The van der Waals surface area contributed by atoms with Crippen molar-refractivity contribution in [2.75, 3.05) is 26.2 Å². The Morgan fingerprint density at radius 1 is 1.39 bits per heavy atom. The number of benzene rings is 1. The molecule has 0 atom stereocenters. The first-order valence-electron chi connectivity index (χ1n) is 7.69. The minimum absolute atomic E-state index is 0.445. The van der Waals surface area contributed by atoms with Crippen molar-refractivity contribution in [2.24, 2.45) is 0 Å². The third-order valence-corrected chi connectivity index (χ3v) is 4.12. The van der Waals surface area contributed by atoms with Crippen molar-refractivity contribution in [3.8, 4) is 11.8 Å². The van der Waals surface area contributed by atoms with E-state index in [0.717, 1.165) is 6.54 Å². The van der Waals surface area contributed by atoms with Crippen LogP contribution in [0.3, 0.4) is 0 Å². The molecule has 2 rings (SSSR count). The van der Waals surface area contributed by atoms with Gasteiger partial charge in [0, 0.05) is 10.6 Å². The summed E-state index contributed by atoms with van der Waals surface area (Å²) in [6, 6.07) is 6.53. The largest absolute Gasteiger partial charge is 0.544 e. The summed E-state index contributed by atoms with van der Waals surface area (Å²) >= 11 is 5.94. The Balaban J connectivity index is 2.06. The fourth-order valence-electron chi connectivity index (χ4n) is 2.66. The normalized spacial score (nSPS) is 15.9. The van der Waals surface area contributed by atoms with E-state index in [2.05, 4.69) is 0 Å². The predicted molar refractivity (Wildman–Crippen MR) is 85.0 cm³/mol. The molecule has 0 unspecified atom stereocenters. The van der Waals surface area contributed by atoms with Gasteiger partial charge in [-0.05, 0) is 43.5 Å². The van der Waals surface area contributed by atoms with Gasteiger partial charge in [0.25, 0.3) is 0 Å². The van der Waals surface area contributed by atoms with Crippen molar-refractivity contribution in [3.63, 3.8) is 0 Å². The van der Waals surface area contributed by atoms with Crippen LogP contribution in [0.25, 0.3) is 6.08 Å². The van der Waals surface area contributed by atoms with Crippen molar-refractivity contribution in [1.82, 2.24) is 0 Å². The van der Waals surface area contributed by atoms with E-state index in [1.54, 1.807) is 24.3 Å². The maximum atomic E-state index is 10.9. The second kappa shape index (κ2) is 8.56. The van der Waals surface area contributed by atoms with Gasteiger partial charge in [0.05, 0.1) is 24.6 Å². The Hall–Kier alpha value is -2.03. The van der Waals surface area contributed by atoms with Crippen molar-refractivity contribution in [1.29, 1.82) is 5.26 Å². The first-order chi connectivity index (χ1) is 11.1. The van der Waals surface area contributed by atoms with Gasteiger partial charge in [-0.2, -0.15) is 5.26 Å². The SMILES string of the molecule is N#C/C(=C/c1cc(Cl)ccc1OCC[NH+]1CCCCC1)C(=O)[O-]. The number of hydrogen-bond donors (Lipinski definition) is 1. The number of nitrogens with one attached hydrogen (secondary N) is 1. The highest BCUT2D eigenvalue weighted by molar-refractivity contribution is 6.30. The zero-order chi connectivity index (χ0) is 16.7. The van der Waals surface area contributed by atoms with E-state index >= 15 is 0 Å². The Morgan fingerprint density at radius 3 is 2.78 bits per heavy atom. The number of nitriles is 1. The number of carboxylic acids is 1. The van der Waals surface area contributed by atoms with Crippen LogP contribution >= 0.6 is 11.6 Å². The number of carbonyl (C=O) groups is 1. The number of aliphatic carboxylic acids is 1. The number of ether oxygens (including phenoxy) is 1. The van der Waals surface area contributed by atoms with Crippen molar-refractivity contribution in [2.45, 2.75) is 19.3 Å². The maximum absolute atomic E-state index is 10.9. The number of nitrogens with zero attached hydrogens (tertiary/aromatic N) is 1. The fraction of sp³-hybridized carbons (Fsp3) is 0.412. The van der Waals surface area contributed by atoms with Crippen LogP contribution in [0, 0.1) is 11.3 Å². The molecule has 0 aromatic heterocycles. The second-order valence-electron chi connectivity index (χ2n) is 5.55. The average Bonchev–Trinajstić information content (AvgIpc) is 2.55. The Bertz CT molecular complexity index is 631. The highest BCUT2D eigenvalue weighted by Crippen LogP contribution is 2.25. The molecule has 0 bridgehead atoms. The molecule has 1 aromatic rings. The molecule has 0 aliphatic carbocycles. The molecular formula is C17H19ClN2O3. The molecule has 23 heavy (non-hydrogen) atoms. The highest BCUT2D eigenvalue weighted by atomic mass is 35.5. The Morgan fingerprint density at radius 2 is 2.13 bits per heavy atom. The van der Waals surface area contributed by atoms with Crippen LogP contribution in [0.4, 0.5) is 0 Å². The predicted octanol–water partition coefficient (Wildman–Crippen LogP) is 0.444. The number of likely N-dealkylation sites (tertiary alicyclic amines) is 1. The van der Waals surface area contributed by atoms with Crippen LogP contribution in [0.2, 0.25) is 5.02 Å². The van der Waals surface area contributed by atoms with Crippen molar-refractivity contribution >= 4 is 23.6 Å². The summed E-state index contributed by atoms with van der Waals surface area (Å²) in [6.07, 6.45) is 5.03. The number of piperidine rings is 1. The molecule has 1 fully saturated rings. The van der Waals surface area contributed by atoms with E-state index in [4.69, 9.17) is 21.6 Å². The number of carboxylic acid groups (broad SMARTS) is 1. The molecule has 122 valence electrons. The molecule has 0 amide bonds. The van der Waals surface area contributed by atoms with Gasteiger partial charge in [-0.1, -0.05) is 11.6 Å². The first kappa shape index (κ1) is 17.3. The number of carbonyl (C=O) groups excluding carboxylic acids is 1. The number of halogens is 1. The molecule has 1 aliphatic rings. The van der Waals surface area contributed by atoms with Gasteiger partial charge < -0.3 is 19.5 Å². The van der Waals surface area contributed by atoms with Crippen LogP contribution in [0.5, 0.6) is 5.75 Å². The molecule has 1 aromatic carbocycles. The minimum atomic E-state index is -1.52. The number of rotatable bonds is 6. The maximum Gasteiger partial charge on any atom is 0.137 e. The number of quaternary nitrogens is 1. The van der Waals surface area contributed by atoms with E-state index in [1.165, 1.54) is 43.3 Å². The molecule has 1 heterocycles. The van der Waals surface area contributed by atoms with E-state index < -0.39 is 11.5 Å². The minimum Gasteiger partial charge on any atom is -0.544 e. The van der Waals surface area contributed by atoms with Crippen LogP contribution in [0.1, 0.15) is 24.8 Å². The van der Waals surface area contributed by atoms with Gasteiger partial charge >= 0.3 is 0 Å². The van der Waals surface area contributed by atoms with Crippen LogP contribution < -0.4 is 14.7 Å². The quantitative estimate of drug-likeness (QED) is 0.605. The molecule has 1 saturated heterocycles. The average molecular weight is 335 g/mol. The highest BCUT2D eigenvalue weighted by Gasteiger charge is 2.13. The van der Waals surface area contributed by atoms with Gasteiger partial charge in [0.2, 0.25) is 0 Å². The molecule has 6 heteroatoms. The van der Waals surface area contributed by atoms with Crippen LogP contribution in [-0.2, 0) is 4.79 Å². The summed E-state index contributed by atoms with van der Waals surface area (Å²) in [4.78, 5) is 12.4.